The number of aliphatic imine (C=N–C) groups is 1. The van der Waals surface area contributed by atoms with Gasteiger partial charge >= 0.3 is 0 Å². The lowest BCUT2D eigenvalue weighted by atomic mass is 10.0. The summed E-state index contributed by atoms with van der Waals surface area (Å²) in [5.41, 5.74) is 2.84. The topological polar surface area (TPSA) is 36.9 Å². The van der Waals surface area contributed by atoms with Crippen molar-refractivity contribution in [1.29, 1.82) is 0 Å². The lowest BCUT2D eigenvalue weighted by Gasteiger charge is -2.31. The van der Waals surface area contributed by atoms with Crippen LogP contribution >= 0.6 is 24.0 Å². The van der Waals surface area contributed by atoms with Gasteiger partial charge in [0.1, 0.15) is 0 Å². The minimum atomic E-state index is 0. The molecule has 138 valence electrons. The summed E-state index contributed by atoms with van der Waals surface area (Å²) in [6.07, 6.45) is 8.50. The van der Waals surface area contributed by atoms with Crippen molar-refractivity contribution >= 4 is 36.0 Å². The van der Waals surface area contributed by atoms with Crippen LogP contribution in [0, 0.1) is 0 Å². The smallest absolute Gasteiger partial charge is 0.193 e. The number of benzene rings is 1. The zero-order valence-corrected chi connectivity index (χ0v) is 17.4. The normalized spacial score (nSPS) is 21.0. The van der Waals surface area contributed by atoms with Crippen LogP contribution in [0.4, 0.5) is 0 Å². The molecule has 1 atom stereocenters. The minimum absolute atomic E-state index is 0. The van der Waals surface area contributed by atoms with Crippen LogP contribution in [0.15, 0.2) is 40.9 Å². The molecule has 2 aliphatic rings. The summed E-state index contributed by atoms with van der Waals surface area (Å²) < 4.78 is 5.68. The number of guanidine groups is 1. The van der Waals surface area contributed by atoms with E-state index in [2.05, 4.69) is 51.6 Å². The van der Waals surface area contributed by atoms with E-state index in [0.29, 0.717) is 6.10 Å². The van der Waals surface area contributed by atoms with Crippen LogP contribution in [0.25, 0.3) is 6.08 Å². The highest BCUT2D eigenvalue weighted by atomic mass is 127. The largest absolute Gasteiger partial charge is 0.378 e. The van der Waals surface area contributed by atoms with Crippen molar-refractivity contribution in [3.63, 3.8) is 0 Å². The van der Waals surface area contributed by atoms with Crippen LogP contribution in [0.5, 0.6) is 0 Å². The molecule has 25 heavy (non-hydrogen) atoms. The number of hydrogen-bond donors (Lipinski definition) is 1. The molecule has 2 heterocycles. The second kappa shape index (κ2) is 10.8. The van der Waals surface area contributed by atoms with Crippen LogP contribution < -0.4 is 5.32 Å². The molecule has 0 amide bonds. The molecule has 1 aromatic carbocycles. The Bertz CT molecular complexity index is 558. The van der Waals surface area contributed by atoms with Gasteiger partial charge < -0.3 is 15.0 Å². The van der Waals surface area contributed by atoms with E-state index < -0.39 is 0 Å². The lowest BCUT2D eigenvalue weighted by Crippen LogP contribution is -2.45. The Hall–Kier alpha value is -1.08. The van der Waals surface area contributed by atoms with Crippen molar-refractivity contribution in [2.75, 3.05) is 33.3 Å². The minimum Gasteiger partial charge on any atom is -0.378 e. The first-order valence-corrected chi connectivity index (χ1v) is 9.17. The predicted molar refractivity (Wildman–Crippen MR) is 116 cm³/mol. The molecule has 1 N–H and O–H groups in total. The second-order valence-corrected chi connectivity index (χ2v) is 6.60. The van der Waals surface area contributed by atoms with E-state index in [1.165, 1.54) is 24.0 Å². The third-order valence-electron chi connectivity index (χ3n) is 4.86. The molecule has 0 spiro atoms. The summed E-state index contributed by atoms with van der Waals surface area (Å²) >= 11 is 0. The number of rotatable bonds is 4. The third kappa shape index (κ3) is 6.29. The van der Waals surface area contributed by atoms with Gasteiger partial charge in [-0.2, -0.15) is 0 Å². The zero-order valence-electron chi connectivity index (χ0n) is 15.1. The summed E-state index contributed by atoms with van der Waals surface area (Å²) in [7, 11) is 1.88. The molecule has 1 unspecified atom stereocenters. The predicted octanol–water partition coefficient (Wildman–Crippen LogP) is 3.93. The highest BCUT2D eigenvalue weighted by Gasteiger charge is 2.18. The van der Waals surface area contributed by atoms with Crippen LogP contribution in [0.2, 0.25) is 0 Å². The van der Waals surface area contributed by atoms with E-state index in [1.54, 1.807) is 0 Å². The van der Waals surface area contributed by atoms with Crippen molar-refractivity contribution in [3.05, 3.63) is 41.5 Å². The number of piperidine rings is 1. The first-order chi connectivity index (χ1) is 11.8. The van der Waals surface area contributed by atoms with E-state index in [0.717, 1.165) is 51.5 Å². The van der Waals surface area contributed by atoms with Crippen LogP contribution in [0.1, 0.15) is 37.7 Å². The quantitative estimate of drug-likeness (QED) is 0.425. The number of halogens is 1. The second-order valence-electron chi connectivity index (χ2n) is 6.60. The molecular weight excluding hydrogens is 425 g/mol. The van der Waals surface area contributed by atoms with Gasteiger partial charge in [-0.3, -0.25) is 4.99 Å². The van der Waals surface area contributed by atoms with Gasteiger partial charge in [-0.15, -0.1) is 24.0 Å². The highest BCUT2D eigenvalue weighted by Crippen LogP contribution is 2.19. The van der Waals surface area contributed by atoms with Gasteiger partial charge in [0.25, 0.3) is 0 Å². The standard InChI is InChI=1S/C20H29N3O.HI/c1-21-20(22-12-9-19-8-5-15-24-19)23-13-10-18(11-14-23)16-17-6-3-2-4-7-17;/h2-4,6-7,16,19H,5,8-15H2,1H3,(H,21,22);1H. The molecule has 5 heteroatoms. The fourth-order valence-electron chi connectivity index (χ4n) is 3.48. The Morgan fingerprint density at radius 3 is 2.68 bits per heavy atom. The van der Waals surface area contributed by atoms with Crippen molar-refractivity contribution in [2.45, 2.75) is 38.2 Å². The van der Waals surface area contributed by atoms with Gasteiger partial charge in [-0.25, -0.2) is 0 Å². The van der Waals surface area contributed by atoms with Gasteiger partial charge in [-0.05, 0) is 37.7 Å². The average molecular weight is 455 g/mol. The Morgan fingerprint density at radius 1 is 1.28 bits per heavy atom. The summed E-state index contributed by atoms with van der Waals surface area (Å²) in [6, 6.07) is 10.6. The van der Waals surface area contributed by atoms with E-state index in [4.69, 9.17) is 4.74 Å². The fraction of sp³-hybridized carbons (Fsp3) is 0.550. The number of hydrogen-bond acceptors (Lipinski definition) is 2. The Labute approximate surface area is 168 Å². The molecule has 0 aliphatic carbocycles. The number of likely N-dealkylation sites (tertiary alicyclic amines) is 1. The summed E-state index contributed by atoms with van der Waals surface area (Å²) in [6.45, 7) is 3.96. The SMILES string of the molecule is CN=C(NCCC1CCCO1)N1CCC(=Cc2ccccc2)CC1.I. The molecule has 1 aromatic rings. The zero-order chi connectivity index (χ0) is 16.6. The molecule has 0 radical (unpaired) electrons. The van der Waals surface area contributed by atoms with Gasteiger partial charge in [0.05, 0.1) is 6.10 Å². The first kappa shape index (κ1) is 20.2. The van der Waals surface area contributed by atoms with Crippen LogP contribution in [0.3, 0.4) is 0 Å². The van der Waals surface area contributed by atoms with Crippen LogP contribution in [-0.2, 0) is 4.74 Å². The van der Waals surface area contributed by atoms with E-state index in [9.17, 15) is 0 Å². The third-order valence-corrected chi connectivity index (χ3v) is 4.86. The van der Waals surface area contributed by atoms with Gasteiger partial charge in [0.2, 0.25) is 0 Å². The fourth-order valence-corrected chi connectivity index (χ4v) is 3.48. The van der Waals surface area contributed by atoms with Gasteiger partial charge in [0.15, 0.2) is 5.96 Å². The maximum absolute atomic E-state index is 5.68. The van der Waals surface area contributed by atoms with E-state index in [1.807, 2.05) is 7.05 Å². The Morgan fingerprint density at radius 2 is 2.04 bits per heavy atom. The summed E-state index contributed by atoms with van der Waals surface area (Å²) in [5.74, 6) is 1.03. The number of nitrogens with zero attached hydrogens (tertiary/aromatic N) is 2. The highest BCUT2D eigenvalue weighted by molar-refractivity contribution is 14.0. The molecule has 4 nitrogen and oxygen atoms in total. The van der Waals surface area contributed by atoms with Crippen molar-refractivity contribution < 1.29 is 4.74 Å². The molecule has 2 saturated heterocycles. The molecule has 0 bridgehead atoms. The Balaban J connectivity index is 0.00000225. The first-order valence-electron chi connectivity index (χ1n) is 9.17. The van der Waals surface area contributed by atoms with Crippen LogP contribution in [-0.4, -0.2) is 50.3 Å². The molecule has 2 fully saturated rings. The van der Waals surface area contributed by atoms with Gasteiger partial charge in [-0.1, -0.05) is 42.0 Å². The van der Waals surface area contributed by atoms with Crippen molar-refractivity contribution in [2.24, 2.45) is 4.99 Å². The van der Waals surface area contributed by atoms with Crippen molar-refractivity contribution in [1.82, 2.24) is 10.2 Å². The van der Waals surface area contributed by atoms with E-state index >= 15 is 0 Å². The summed E-state index contributed by atoms with van der Waals surface area (Å²) in [5, 5.41) is 3.51. The van der Waals surface area contributed by atoms with Gasteiger partial charge in [0, 0.05) is 33.3 Å². The molecule has 3 rings (SSSR count). The maximum Gasteiger partial charge on any atom is 0.193 e. The maximum atomic E-state index is 5.68. The summed E-state index contributed by atoms with van der Waals surface area (Å²) in [4.78, 5) is 6.83. The number of nitrogens with one attached hydrogen (secondary N) is 1. The average Bonchev–Trinajstić information content (AvgIpc) is 3.14. The van der Waals surface area contributed by atoms with E-state index in [-0.39, 0.29) is 24.0 Å². The molecule has 2 aliphatic heterocycles. The lowest BCUT2D eigenvalue weighted by molar-refractivity contribution is 0.105. The molecular formula is C20H30IN3O. The molecule has 0 saturated carbocycles. The van der Waals surface area contributed by atoms with Crippen molar-refractivity contribution in [3.8, 4) is 0 Å². The monoisotopic (exact) mass is 455 g/mol. The number of ether oxygens (including phenoxy) is 1. The molecule has 0 aromatic heterocycles. The Kier molecular flexibility index (Phi) is 8.75.